The number of imide groups is 1. The van der Waals surface area contributed by atoms with E-state index >= 15 is 0 Å². The van der Waals surface area contributed by atoms with Crippen LogP contribution in [0.2, 0.25) is 0 Å². The molecule has 0 radical (unpaired) electrons. The van der Waals surface area contributed by atoms with E-state index in [2.05, 4.69) is 15.0 Å². The number of likely N-dealkylation sites (tertiary alicyclic amines) is 1. The summed E-state index contributed by atoms with van der Waals surface area (Å²) < 4.78 is 36.3. The summed E-state index contributed by atoms with van der Waals surface area (Å²) >= 11 is 0. The van der Waals surface area contributed by atoms with Crippen molar-refractivity contribution in [1.82, 2.24) is 15.1 Å². The molecule has 0 spiro atoms. The zero-order valence-corrected chi connectivity index (χ0v) is 21.5. The Bertz CT molecular complexity index is 1280. The van der Waals surface area contributed by atoms with Gasteiger partial charge in [0.1, 0.15) is 23.6 Å². The summed E-state index contributed by atoms with van der Waals surface area (Å²) in [5.74, 6) is 0.230. The first-order valence-electron chi connectivity index (χ1n) is 13.6. The average molecular weight is 540 g/mol. The molecular weight excluding hydrogens is 508 g/mol. The highest BCUT2D eigenvalue weighted by Gasteiger charge is 2.41. The molecule has 2 aromatic carbocycles. The third-order valence-electron chi connectivity index (χ3n) is 8.38. The lowest BCUT2D eigenvalue weighted by molar-refractivity contribution is -0.136. The number of piperidine rings is 1. The lowest BCUT2D eigenvalue weighted by Crippen LogP contribution is -2.57. The largest absolute Gasteiger partial charge is 0.489 e. The summed E-state index contributed by atoms with van der Waals surface area (Å²) in [4.78, 5) is 40.8. The maximum atomic E-state index is 13.0. The number of hydrogen-bond acceptors (Lipinski definition) is 6. The van der Waals surface area contributed by atoms with Crippen molar-refractivity contribution in [3.05, 3.63) is 59.2 Å². The number of ether oxygens (including phenoxy) is 2. The number of carbonyl (C=O) groups is 3. The number of alkyl halides is 2. The van der Waals surface area contributed by atoms with Gasteiger partial charge >= 0.3 is 6.61 Å². The number of nitrogens with zero attached hydrogens (tertiary/aromatic N) is 2. The van der Waals surface area contributed by atoms with Crippen LogP contribution in [0, 0.1) is 0 Å². The lowest BCUT2D eigenvalue weighted by Gasteiger charge is -2.48. The van der Waals surface area contributed by atoms with E-state index in [1.54, 1.807) is 29.2 Å². The number of halogens is 2. The van der Waals surface area contributed by atoms with Gasteiger partial charge in [-0.3, -0.25) is 24.6 Å². The van der Waals surface area contributed by atoms with Crippen molar-refractivity contribution in [3.8, 4) is 11.5 Å². The summed E-state index contributed by atoms with van der Waals surface area (Å²) in [6.07, 6.45) is 4.73. The van der Waals surface area contributed by atoms with E-state index in [1.165, 1.54) is 0 Å². The van der Waals surface area contributed by atoms with Gasteiger partial charge in [0.05, 0.1) is 0 Å². The molecule has 4 aliphatic rings. The summed E-state index contributed by atoms with van der Waals surface area (Å²) in [6.45, 7) is -0.852. The Morgan fingerprint density at radius 1 is 0.949 bits per heavy atom. The highest BCUT2D eigenvalue weighted by atomic mass is 19.3. The van der Waals surface area contributed by atoms with Gasteiger partial charge in [0.15, 0.2) is 0 Å². The molecule has 3 atom stereocenters. The second kappa shape index (κ2) is 10.6. The van der Waals surface area contributed by atoms with Gasteiger partial charge in [-0.25, -0.2) is 0 Å². The number of fused-ring (bicyclic) bond motifs is 1. The highest BCUT2D eigenvalue weighted by Crippen LogP contribution is 2.37. The van der Waals surface area contributed by atoms with E-state index in [9.17, 15) is 23.2 Å². The molecule has 2 saturated heterocycles. The third-order valence-corrected chi connectivity index (χ3v) is 8.38. The molecule has 3 fully saturated rings. The second-order valence-electron chi connectivity index (χ2n) is 10.8. The molecule has 3 aliphatic heterocycles. The van der Waals surface area contributed by atoms with E-state index in [4.69, 9.17) is 4.74 Å². The van der Waals surface area contributed by atoms with Gasteiger partial charge in [0, 0.05) is 43.6 Å². The van der Waals surface area contributed by atoms with Crippen LogP contribution < -0.4 is 14.8 Å². The summed E-state index contributed by atoms with van der Waals surface area (Å²) in [7, 11) is 0. The van der Waals surface area contributed by atoms with Gasteiger partial charge in [0.2, 0.25) is 11.8 Å². The molecule has 1 aliphatic carbocycles. The average Bonchev–Trinajstić information content (AvgIpc) is 3.19. The number of rotatable bonds is 7. The van der Waals surface area contributed by atoms with Gasteiger partial charge in [-0.2, -0.15) is 8.78 Å². The molecule has 8 nitrogen and oxygen atoms in total. The predicted molar refractivity (Wildman–Crippen MR) is 137 cm³/mol. The molecule has 0 aromatic heterocycles. The summed E-state index contributed by atoms with van der Waals surface area (Å²) in [6, 6.07) is 12.1. The zero-order valence-electron chi connectivity index (χ0n) is 21.5. The minimum atomic E-state index is -2.84. The van der Waals surface area contributed by atoms with Crippen molar-refractivity contribution in [3.63, 3.8) is 0 Å². The molecule has 206 valence electrons. The quantitative estimate of drug-likeness (QED) is 0.538. The van der Waals surface area contributed by atoms with E-state index in [0.717, 1.165) is 49.9 Å². The minimum absolute atomic E-state index is 0.00888. The highest BCUT2D eigenvalue weighted by molar-refractivity contribution is 6.05. The smallest absolute Gasteiger partial charge is 0.387 e. The van der Waals surface area contributed by atoms with Crippen molar-refractivity contribution < 1.29 is 32.6 Å². The van der Waals surface area contributed by atoms with Crippen molar-refractivity contribution in [2.45, 2.75) is 75.8 Å². The fourth-order valence-electron chi connectivity index (χ4n) is 6.37. The summed E-state index contributed by atoms with van der Waals surface area (Å²) in [5, 5.41) is 2.33. The molecule has 3 heterocycles. The fraction of sp³-hybridized carbons (Fsp3) is 0.483. The number of benzene rings is 2. The Kier molecular flexibility index (Phi) is 6.97. The Morgan fingerprint density at radius 3 is 2.56 bits per heavy atom. The van der Waals surface area contributed by atoms with Crippen LogP contribution in [-0.2, 0) is 16.1 Å². The molecule has 0 bridgehead atoms. The molecule has 39 heavy (non-hydrogen) atoms. The molecular formula is C29H31F2N3O5. The molecule has 3 amide bonds. The van der Waals surface area contributed by atoms with E-state index < -0.39 is 18.6 Å². The minimum Gasteiger partial charge on any atom is -0.489 e. The van der Waals surface area contributed by atoms with Gasteiger partial charge in [-0.15, -0.1) is 0 Å². The van der Waals surface area contributed by atoms with Crippen molar-refractivity contribution in [1.29, 1.82) is 0 Å². The van der Waals surface area contributed by atoms with Crippen LogP contribution in [0.3, 0.4) is 0 Å². The maximum absolute atomic E-state index is 13.0. The molecule has 10 heteroatoms. The topological polar surface area (TPSA) is 88.2 Å². The second-order valence-corrected chi connectivity index (χ2v) is 10.8. The molecule has 1 N–H and O–H groups in total. The monoisotopic (exact) mass is 539 g/mol. The van der Waals surface area contributed by atoms with Crippen molar-refractivity contribution in [2.24, 2.45) is 0 Å². The Morgan fingerprint density at radius 2 is 1.77 bits per heavy atom. The lowest BCUT2D eigenvalue weighted by atomic mass is 9.84. The number of amides is 3. The standard InChI is InChI=1S/C29H31F2N3O5/c30-29(31)39-20-5-3-4-17(12-20)19-14-33(15-19)23-6-1-2-7-25(23)38-21-8-9-22-18(13-21)16-34(28(22)37)24-10-11-26(35)32-27(24)36/h3-5,8-9,12-13,19,23-25,29H,1-2,6-7,10-11,14-16H2,(H,32,35,36)/t23-,24?,25-/m0/s1. The first-order valence-corrected chi connectivity index (χ1v) is 13.6. The van der Waals surface area contributed by atoms with Crippen molar-refractivity contribution in [2.75, 3.05) is 13.1 Å². The zero-order chi connectivity index (χ0) is 27.1. The fourth-order valence-corrected chi connectivity index (χ4v) is 6.37. The third kappa shape index (κ3) is 5.22. The van der Waals surface area contributed by atoms with Crippen LogP contribution >= 0.6 is 0 Å². The van der Waals surface area contributed by atoms with Gasteiger partial charge in [0.25, 0.3) is 5.91 Å². The molecule has 2 aromatic rings. The molecule has 1 saturated carbocycles. The normalized spacial score (nSPS) is 25.9. The number of carbonyl (C=O) groups excluding carboxylic acids is 3. The van der Waals surface area contributed by atoms with E-state index in [-0.39, 0.29) is 42.0 Å². The van der Waals surface area contributed by atoms with Crippen LogP contribution in [0.25, 0.3) is 0 Å². The first kappa shape index (κ1) is 25.7. The van der Waals surface area contributed by atoms with Crippen LogP contribution in [0.4, 0.5) is 8.78 Å². The molecule has 6 rings (SSSR count). The Labute approximate surface area is 225 Å². The first-order chi connectivity index (χ1) is 18.9. The van der Waals surface area contributed by atoms with Gasteiger partial charge < -0.3 is 14.4 Å². The van der Waals surface area contributed by atoms with E-state index in [1.807, 2.05) is 18.2 Å². The molecule has 1 unspecified atom stereocenters. The van der Waals surface area contributed by atoms with Gasteiger partial charge in [-0.1, -0.05) is 18.6 Å². The SMILES string of the molecule is O=C1CCC(N2Cc3cc(O[C@H]4CCCC[C@@H]4N4CC(c5cccc(OC(F)F)c5)C4)ccc3C2=O)C(=O)N1. The predicted octanol–water partition coefficient (Wildman–Crippen LogP) is 3.84. The van der Waals surface area contributed by atoms with Crippen LogP contribution in [-0.4, -0.2) is 65.4 Å². The van der Waals surface area contributed by atoms with Crippen LogP contribution in [0.5, 0.6) is 11.5 Å². The summed E-state index contributed by atoms with van der Waals surface area (Å²) in [5.41, 5.74) is 2.39. The van der Waals surface area contributed by atoms with Crippen molar-refractivity contribution >= 4 is 17.7 Å². The van der Waals surface area contributed by atoms with Crippen LogP contribution in [0.1, 0.15) is 65.9 Å². The van der Waals surface area contributed by atoms with Gasteiger partial charge in [-0.05, 0) is 67.1 Å². The Balaban J connectivity index is 1.10. The maximum Gasteiger partial charge on any atom is 0.387 e. The van der Waals surface area contributed by atoms with Crippen LogP contribution in [0.15, 0.2) is 42.5 Å². The van der Waals surface area contributed by atoms with E-state index in [0.29, 0.717) is 24.3 Å². The number of hydrogen-bond donors (Lipinski definition) is 1. The Hall–Kier alpha value is -3.53. The number of nitrogens with one attached hydrogen (secondary N) is 1.